The van der Waals surface area contributed by atoms with Crippen LogP contribution in [0.4, 0.5) is 0 Å². The summed E-state index contributed by atoms with van der Waals surface area (Å²) in [5, 5.41) is 6.58. The number of nitrogens with one attached hydrogen (secondary N) is 1. The summed E-state index contributed by atoms with van der Waals surface area (Å²) >= 11 is 0. The molecule has 1 amide bonds. The predicted molar refractivity (Wildman–Crippen MR) is 90.6 cm³/mol. The molecule has 7 heteroatoms. The van der Waals surface area contributed by atoms with Crippen molar-refractivity contribution in [3.63, 3.8) is 0 Å². The number of ether oxygens (including phenoxy) is 3. The molecule has 1 aromatic carbocycles. The van der Waals surface area contributed by atoms with E-state index in [2.05, 4.69) is 10.5 Å². The fourth-order valence-electron chi connectivity index (χ4n) is 2.72. The maximum Gasteiger partial charge on any atom is 0.256 e. The Morgan fingerprint density at radius 1 is 1.40 bits per heavy atom. The van der Waals surface area contributed by atoms with Gasteiger partial charge in [-0.1, -0.05) is 17.3 Å². The molecule has 0 spiro atoms. The van der Waals surface area contributed by atoms with Crippen LogP contribution in [0.5, 0.6) is 5.75 Å². The van der Waals surface area contributed by atoms with E-state index in [0.717, 1.165) is 19.6 Å². The van der Waals surface area contributed by atoms with E-state index in [1.54, 1.807) is 13.2 Å². The number of carbonyl (C=O) groups excluding carboxylic acids is 1. The normalized spacial score (nSPS) is 16.8. The topological polar surface area (TPSA) is 82.8 Å². The van der Waals surface area contributed by atoms with Gasteiger partial charge in [-0.05, 0) is 18.6 Å². The van der Waals surface area contributed by atoms with Crippen LogP contribution in [0.15, 0.2) is 35.0 Å². The third kappa shape index (κ3) is 4.37. The van der Waals surface area contributed by atoms with E-state index in [1.807, 2.05) is 18.2 Å². The number of nitrogens with zero attached hydrogens (tertiary/aromatic N) is 1. The molecule has 0 aliphatic carbocycles. The first-order valence-electron chi connectivity index (χ1n) is 8.31. The zero-order chi connectivity index (χ0) is 17.5. The van der Waals surface area contributed by atoms with Crippen LogP contribution < -0.4 is 10.1 Å². The van der Waals surface area contributed by atoms with Crippen LogP contribution in [0.25, 0.3) is 11.3 Å². The molecule has 0 bridgehead atoms. The predicted octanol–water partition coefficient (Wildman–Crippen LogP) is 2.13. The third-order valence-corrected chi connectivity index (χ3v) is 4.08. The van der Waals surface area contributed by atoms with Crippen molar-refractivity contribution in [3.8, 4) is 17.1 Å². The summed E-state index contributed by atoms with van der Waals surface area (Å²) in [6, 6.07) is 7.33. The van der Waals surface area contributed by atoms with Gasteiger partial charge in [-0.25, -0.2) is 0 Å². The lowest BCUT2D eigenvalue weighted by molar-refractivity contribution is 0.0823. The van der Waals surface area contributed by atoms with Crippen LogP contribution in [-0.2, 0) is 9.47 Å². The maximum atomic E-state index is 12.4. The molecule has 1 fully saturated rings. The highest BCUT2D eigenvalue weighted by atomic mass is 16.5. The van der Waals surface area contributed by atoms with Gasteiger partial charge in [-0.3, -0.25) is 4.79 Å². The highest BCUT2D eigenvalue weighted by Crippen LogP contribution is 2.31. The minimum atomic E-state index is -0.255. The maximum absolute atomic E-state index is 12.4. The lowest BCUT2D eigenvalue weighted by Crippen LogP contribution is -2.28. The summed E-state index contributed by atoms with van der Waals surface area (Å²) in [5.41, 5.74) is 1.05. The Morgan fingerprint density at radius 3 is 3.08 bits per heavy atom. The molecule has 3 rings (SSSR count). The SMILES string of the molecule is COc1ccccc1-c1oncc1C(=O)NCCOCC1CCOC1. The highest BCUT2D eigenvalue weighted by Gasteiger charge is 2.20. The van der Waals surface area contributed by atoms with Crippen LogP contribution in [0, 0.1) is 5.92 Å². The number of para-hydroxylation sites is 1. The van der Waals surface area contributed by atoms with Crippen molar-refractivity contribution in [2.24, 2.45) is 5.92 Å². The van der Waals surface area contributed by atoms with E-state index in [4.69, 9.17) is 18.7 Å². The first-order valence-corrected chi connectivity index (χ1v) is 8.31. The lowest BCUT2D eigenvalue weighted by atomic mass is 10.1. The Bertz CT molecular complexity index is 694. The number of rotatable bonds is 8. The van der Waals surface area contributed by atoms with Gasteiger partial charge in [0.05, 0.1) is 38.7 Å². The molecule has 2 aromatic rings. The molecule has 1 N–H and O–H groups in total. The van der Waals surface area contributed by atoms with Gasteiger partial charge >= 0.3 is 0 Å². The van der Waals surface area contributed by atoms with Crippen molar-refractivity contribution in [2.75, 3.05) is 40.1 Å². The summed E-state index contributed by atoms with van der Waals surface area (Å²) in [6.45, 7) is 3.11. The van der Waals surface area contributed by atoms with Gasteiger partial charge < -0.3 is 24.1 Å². The number of aromatic nitrogens is 1. The molecule has 1 aliphatic rings. The van der Waals surface area contributed by atoms with Gasteiger partial charge in [0, 0.05) is 19.1 Å². The zero-order valence-corrected chi connectivity index (χ0v) is 14.2. The van der Waals surface area contributed by atoms with Gasteiger partial charge in [0.15, 0.2) is 5.76 Å². The quantitative estimate of drug-likeness (QED) is 0.738. The average molecular weight is 346 g/mol. The number of amides is 1. The van der Waals surface area contributed by atoms with Crippen molar-refractivity contribution >= 4 is 5.91 Å². The Hall–Kier alpha value is -2.38. The third-order valence-electron chi connectivity index (χ3n) is 4.08. The van der Waals surface area contributed by atoms with Gasteiger partial charge in [-0.2, -0.15) is 0 Å². The van der Waals surface area contributed by atoms with Crippen LogP contribution in [-0.4, -0.2) is 51.1 Å². The number of benzene rings is 1. The van der Waals surface area contributed by atoms with Crippen LogP contribution in [0.3, 0.4) is 0 Å². The number of hydrogen-bond donors (Lipinski definition) is 1. The molecule has 7 nitrogen and oxygen atoms in total. The molecule has 1 aromatic heterocycles. The average Bonchev–Trinajstić information content (AvgIpc) is 3.33. The van der Waals surface area contributed by atoms with E-state index in [0.29, 0.717) is 48.3 Å². The van der Waals surface area contributed by atoms with Crippen LogP contribution in [0.1, 0.15) is 16.8 Å². The molecule has 1 atom stereocenters. The standard InChI is InChI=1S/C18H22N2O5/c1-22-16-5-3-2-4-14(16)17-15(10-20-25-17)18(21)19-7-9-24-12-13-6-8-23-11-13/h2-5,10,13H,6-9,11-12H2,1H3,(H,19,21). The molecule has 1 aliphatic heterocycles. The largest absolute Gasteiger partial charge is 0.496 e. The van der Waals surface area contributed by atoms with Crippen molar-refractivity contribution in [1.82, 2.24) is 10.5 Å². The fourth-order valence-corrected chi connectivity index (χ4v) is 2.72. The molecular weight excluding hydrogens is 324 g/mol. The van der Waals surface area contributed by atoms with Gasteiger partial charge in [0.25, 0.3) is 5.91 Å². The summed E-state index contributed by atoms with van der Waals surface area (Å²) in [5.74, 6) is 1.22. The molecule has 25 heavy (non-hydrogen) atoms. The lowest BCUT2D eigenvalue weighted by Gasteiger charge is -2.10. The summed E-state index contributed by atoms with van der Waals surface area (Å²) in [4.78, 5) is 12.4. The van der Waals surface area contributed by atoms with Crippen molar-refractivity contribution in [3.05, 3.63) is 36.0 Å². The minimum Gasteiger partial charge on any atom is -0.496 e. The number of methoxy groups -OCH3 is 1. The molecular formula is C18H22N2O5. The van der Waals surface area contributed by atoms with E-state index in [9.17, 15) is 4.79 Å². The van der Waals surface area contributed by atoms with E-state index >= 15 is 0 Å². The van der Waals surface area contributed by atoms with Crippen molar-refractivity contribution in [2.45, 2.75) is 6.42 Å². The second-order valence-corrected chi connectivity index (χ2v) is 5.83. The Morgan fingerprint density at radius 2 is 2.28 bits per heavy atom. The Balaban J connectivity index is 1.53. The molecule has 134 valence electrons. The Labute approximate surface area is 146 Å². The van der Waals surface area contributed by atoms with Crippen molar-refractivity contribution < 1.29 is 23.5 Å². The minimum absolute atomic E-state index is 0.255. The van der Waals surface area contributed by atoms with Crippen LogP contribution in [0.2, 0.25) is 0 Å². The van der Waals surface area contributed by atoms with Crippen molar-refractivity contribution in [1.29, 1.82) is 0 Å². The van der Waals surface area contributed by atoms with Gasteiger partial charge in [0.1, 0.15) is 11.3 Å². The van der Waals surface area contributed by atoms with E-state index in [-0.39, 0.29) is 5.91 Å². The van der Waals surface area contributed by atoms with E-state index in [1.165, 1.54) is 6.20 Å². The summed E-state index contributed by atoms with van der Waals surface area (Å²) in [7, 11) is 1.57. The molecule has 1 saturated heterocycles. The van der Waals surface area contributed by atoms with Crippen LogP contribution >= 0.6 is 0 Å². The Kier molecular flexibility index (Phi) is 6.03. The van der Waals surface area contributed by atoms with E-state index < -0.39 is 0 Å². The first kappa shape index (κ1) is 17.4. The van der Waals surface area contributed by atoms with Gasteiger partial charge in [0.2, 0.25) is 0 Å². The number of carbonyl (C=O) groups is 1. The highest BCUT2D eigenvalue weighted by molar-refractivity contribution is 5.99. The molecule has 2 heterocycles. The molecule has 0 radical (unpaired) electrons. The first-order chi connectivity index (χ1) is 12.3. The summed E-state index contributed by atoms with van der Waals surface area (Å²) < 4.78 is 21.5. The monoisotopic (exact) mass is 346 g/mol. The zero-order valence-electron chi connectivity index (χ0n) is 14.2. The smallest absolute Gasteiger partial charge is 0.256 e. The fraction of sp³-hybridized carbons (Fsp3) is 0.444. The number of hydrogen-bond acceptors (Lipinski definition) is 6. The second kappa shape index (κ2) is 8.64. The second-order valence-electron chi connectivity index (χ2n) is 5.83. The van der Waals surface area contributed by atoms with Gasteiger partial charge in [-0.15, -0.1) is 0 Å². The molecule has 1 unspecified atom stereocenters. The summed E-state index contributed by atoms with van der Waals surface area (Å²) in [6.07, 6.45) is 2.45. The molecule has 0 saturated carbocycles.